The Balaban J connectivity index is 1.72. The standard InChI is InChI=1S/C15H11N3O2S2/c19-14(20)11-5-2-1-4-10(11)8-16-18-15-17-12(9-22-15)13-6-3-7-21-13/h1-9H,(H,17,18)(H,19,20)/b16-8-. The summed E-state index contributed by atoms with van der Waals surface area (Å²) in [5, 5.41) is 17.8. The van der Waals surface area contributed by atoms with Crippen molar-refractivity contribution < 1.29 is 9.90 Å². The Hall–Kier alpha value is -2.51. The van der Waals surface area contributed by atoms with Gasteiger partial charge in [-0.1, -0.05) is 24.3 Å². The molecule has 0 saturated carbocycles. The fourth-order valence-corrected chi connectivity index (χ4v) is 3.24. The van der Waals surface area contributed by atoms with Gasteiger partial charge in [-0.2, -0.15) is 5.10 Å². The predicted molar refractivity (Wildman–Crippen MR) is 90.0 cm³/mol. The molecule has 0 atom stereocenters. The van der Waals surface area contributed by atoms with Crippen LogP contribution >= 0.6 is 22.7 Å². The lowest BCUT2D eigenvalue weighted by atomic mass is 10.1. The molecule has 3 rings (SSSR count). The number of hydrogen-bond donors (Lipinski definition) is 2. The molecule has 7 heteroatoms. The Bertz CT molecular complexity index is 810. The van der Waals surface area contributed by atoms with Gasteiger partial charge in [0.25, 0.3) is 0 Å². The molecule has 0 aliphatic rings. The van der Waals surface area contributed by atoms with Gasteiger partial charge in [0.15, 0.2) is 0 Å². The minimum atomic E-state index is -0.976. The number of nitrogens with one attached hydrogen (secondary N) is 1. The number of benzene rings is 1. The maximum Gasteiger partial charge on any atom is 0.336 e. The van der Waals surface area contributed by atoms with E-state index in [1.807, 2.05) is 22.9 Å². The third kappa shape index (κ3) is 3.21. The quantitative estimate of drug-likeness (QED) is 0.548. The highest BCUT2D eigenvalue weighted by Crippen LogP contribution is 2.28. The van der Waals surface area contributed by atoms with Crippen LogP contribution in [-0.2, 0) is 0 Å². The highest BCUT2D eigenvalue weighted by molar-refractivity contribution is 7.15. The van der Waals surface area contributed by atoms with Crippen LogP contribution in [-0.4, -0.2) is 22.3 Å². The average Bonchev–Trinajstić information content (AvgIpc) is 3.18. The number of rotatable bonds is 5. The number of aromatic nitrogens is 1. The number of hydrazone groups is 1. The predicted octanol–water partition coefficient (Wildman–Crippen LogP) is 4.02. The number of hydrogen-bond acceptors (Lipinski definition) is 6. The molecule has 0 unspecified atom stereocenters. The van der Waals surface area contributed by atoms with E-state index in [1.165, 1.54) is 17.6 Å². The molecular weight excluding hydrogens is 318 g/mol. The first-order valence-electron chi connectivity index (χ1n) is 6.35. The van der Waals surface area contributed by atoms with Crippen molar-refractivity contribution in [3.05, 3.63) is 58.3 Å². The summed E-state index contributed by atoms with van der Waals surface area (Å²) in [6.07, 6.45) is 1.48. The zero-order chi connectivity index (χ0) is 15.4. The lowest BCUT2D eigenvalue weighted by Gasteiger charge is -1.99. The fraction of sp³-hybridized carbons (Fsp3) is 0. The molecule has 2 N–H and O–H groups in total. The van der Waals surface area contributed by atoms with Crippen LogP contribution in [0.3, 0.4) is 0 Å². The summed E-state index contributed by atoms with van der Waals surface area (Å²) in [4.78, 5) is 16.6. The maximum atomic E-state index is 11.1. The molecule has 0 radical (unpaired) electrons. The molecule has 2 heterocycles. The number of aromatic carboxylic acids is 1. The number of thiazole rings is 1. The van der Waals surface area contributed by atoms with Gasteiger partial charge >= 0.3 is 5.97 Å². The van der Waals surface area contributed by atoms with E-state index in [9.17, 15) is 4.79 Å². The third-order valence-corrected chi connectivity index (χ3v) is 4.47. The van der Waals surface area contributed by atoms with Gasteiger partial charge in [-0.3, -0.25) is 5.43 Å². The SMILES string of the molecule is O=C(O)c1ccccc1/C=N\Nc1nc(-c2cccs2)cs1. The van der Waals surface area contributed by atoms with E-state index in [1.54, 1.807) is 35.6 Å². The van der Waals surface area contributed by atoms with Crippen LogP contribution in [0, 0.1) is 0 Å². The van der Waals surface area contributed by atoms with Gasteiger partial charge in [0, 0.05) is 10.9 Å². The highest BCUT2D eigenvalue weighted by atomic mass is 32.1. The van der Waals surface area contributed by atoms with Gasteiger partial charge in [0.1, 0.15) is 0 Å². The minimum Gasteiger partial charge on any atom is -0.478 e. The molecule has 1 aromatic carbocycles. The van der Waals surface area contributed by atoms with Crippen molar-refractivity contribution in [1.29, 1.82) is 0 Å². The Kier molecular flexibility index (Phi) is 4.27. The van der Waals surface area contributed by atoms with Gasteiger partial charge in [-0.05, 0) is 17.5 Å². The Labute approximate surface area is 134 Å². The molecule has 110 valence electrons. The van der Waals surface area contributed by atoms with E-state index >= 15 is 0 Å². The van der Waals surface area contributed by atoms with Crippen molar-refractivity contribution in [2.24, 2.45) is 5.10 Å². The number of nitrogens with zero attached hydrogens (tertiary/aromatic N) is 2. The fourth-order valence-electron chi connectivity index (χ4n) is 1.82. The van der Waals surface area contributed by atoms with Crippen molar-refractivity contribution in [2.75, 3.05) is 5.43 Å². The molecule has 2 aromatic heterocycles. The van der Waals surface area contributed by atoms with Crippen LogP contribution in [0.15, 0.2) is 52.3 Å². The second-order valence-electron chi connectivity index (χ2n) is 4.28. The van der Waals surface area contributed by atoms with Gasteiger partial charge in [-0.25, -0.2) is 9.78 Å². The average molecular weight is 329 g/mol. The van der Waals surface area contributed by atoms with E-state index in [-0.39, 0.29) is 5.56 Å². The molecule has 0 aliphatic heterocycles. The normalized spacial score (nSPS) is 10.9. The second-order valence-corrected chi connectivity index (χ2v) is 6.08. The van der Waals surface area contributed by atoms with Crippen molar-refractivity contribution in [1.82, 2.24) is 4.98 Å². The van der Waals surface area contributed by atoms with Crippen LogP contribution in [0.5, 0.6) is 0 Å². The summed E-state index contributed by atoms with van der Waals surface area (Å²) in [7, 11) is 0. The maximum absolute atomic E-state index is 11.1. The summed E-state index contributed by atoms with van der Waals surface area (Å²) < 4.78 is 0. The van der Waals surface area contributed by atoms with Gasteiger partial charge < -0.3 is 5.11 Å². The molecular formula is C15H11N3O2S2. The van der Waals surface area contributed by atoms with Gasteiger partial charge in [0.05, 0.1) is 22.3 Å². The molecule has 22 heavy (non-hydrogen) atoms. The van der Waals surface area contributed by atoms with Crippen molar-refractivity contribution in [3.8, 4) is 10.6 Å². The topological polar surface area (TPSA) is 74.6 Å². The molecule has 0 fully saturated rings. The third-order valence-electron chi connectivity index (χ3n) is 2.83. The molecule has 0 spiro atoms. The first kappa shape index (κ1) is 14.4. The Morgan fingerprint density at radius 3 is 2.86 bits per heavy atom. The van der Waals surface area contributed by atoms with Crippen molar-refractivity contribution in [2.45, 2.75) is 0 Å². The Morgan fingerprint density at radius 1 is 1.23 bits per heavy atom. The summed E-state index contributed by atoms with van der Waals surface area (Å²) in [5.74, 6) is -0.976. The minimum absolute atomic E-state index is 0.214. The largest absolute Gasteiger partial charge is 0.478 e. The first-order chi connectivity index (χ1) is 10.7. The lowest BCUT2D eigenvalue weighted by Crippen LogP contribution is -2.02. The van der Waals surface area contributed by atoms with E-state index in [4.69, 9.17) is 5.11 Å². The van der Waals surface area contributed by atoms with E-state index in [2.05, 4.69) is 15.5 Å². The van der Waals surface area contributed by atoms with Crippen molar-refractivity contribution in [3.63, 3.8) is 0 Å². The zero-order valence-corrected chi connectivity index (χ0v) is 12.9. The van der Waals surface area contributed by atoms with Crippen LogP contribution in [0.1, 0.15) is 15.9 Å². The zero-order valence-electron chi connectivity index (χ0n) is 11.3. The van der Waals surface area contributed by atoms with E-state index < -0.39 is 5.97 Å². The molecule has 5 nitrogen and oxygen atoms in total. The van der Waals surface area contributed by atoms with Crippen LogP contribution in [0.25, 0.3) is 10.6 Å². The first-order valence-corrected chi connectivity index (χ1v) is 8.11. The van der Waals surface area contributed by atoms with Gasteiger partial charge in [0.2, 0.25) is 5.13 Å². The Morgan fingerprint density at radius 2 is 2.09 bits per heavy atom. The van der Waals surface area contributed by atoms with E-state index in [0.29, 0.717) is 10.7 Å². The molecule has 0 amide bonds. The number of carboxylic acids is 1. The monoisotopic (exact) mass is 329 g/mol. The number of thiophene rings is 1. The van der Waals surface area contributed by atoms with Crippen LogP contribution in [0.2, 0.25) is 0 Å². The number of anilines is 1. The lowest BCUT2D eigenvalue weighted by molar-refractivity contribution is 0.0697. The van der Waals surface area contributed by atoms with Crippen LogP contribution < -0.4 is 5.43 Å². The summed E-state index contributed by atoms with van der Waals surface area (Å²) in [6, 6.07) is 10.7. The number of carbonyl (C=O) groups is 1. The smallest absolute Gasteiger partial charge is 0.336 e. The molecule has 0 saturated heterocycles. The summed E-state index contributed by atoms with van der Waals surface area (Å²) in [5.41, 5.74) is 4.49. The molecule has 0 bridgehead atoms. The molecule has 0 aliphatic carbocycles. The summed E-state index contributed by atoms with van der Waals surface area (Å²) in [6.45, 7) is 0. The van der Waals surface area contributed by atoms with Crippen molar-refractivity contribution >= 4 is 40.0 Å². The number of carboxylic acid groups (broad SMARTS) is 1. The highest BCUT2D eigenvalue weighted by Gasteiger charge is 2.07. The second kappa shape index (κ2) is 6.50. The molecule has 3 aromatic rings. The van der Waals surface area contributed by atoms with Crippen LogP contribution in [0.4, 0.5) is 5.13 Å². The summed E-state index contributed by atoms with van der Waals surface area (Å²) >= 11 is 3.08. The van der Waals surface area contributed by atoms with Gasteiger partial charge in [-0.15, -0.1) is 22.7 Å². The van der Waals surface area contributed by atoms with E-state index in [0.717, 1.165) is 10.6 Å².